The minimum Gasteiger partial charge on any atom is -0.488 e. The standard InChI is InChI=1S/C19H31NO/c1-7-10-16-17(20-9-3)14-11-13(8-2)12-15(18(14)21-16)19(4,5)6/h11-12,16-17,20H,7-10H2,1-6H3. The normalized spacial score (nSPS) is 21.2. The van der Waals surface area contributed by atoms with Crippen molar-refractivity contribution in [2.75, 3.05) is 6.54 Å². The Labute approximate surface area is 130 Å². The van der Waals surface area contributed by atoms with E-state index in [0.717, 1.165) is 31.6 Å². The van der Waals surface area contributed by atoms with E-state index in [9.17, 15) is 0 Å². The number of rotatable bonds is 5. The third-order valence-corrected chi connectivity index (χ3v) is 4.37. The average molecular weight is 289 g/mol. The molecule has 0 saturated heterocycles. The number of likely N-dealkylation sites (N-methyl/N-ethyl adjacent to an activating group) is 1. The SMILES string of the molecule is CCCC1Oc2c(cc(CC)cc2C(C)(C)C)C1NCC. The number of ether oxygens (including phenoxy) is 1. The first-order chi connectivity index (χ1) is 9.92. The van der Waals surface area contributed by atoms with Gasteiger partial charge in [-0.25, -0.2) is 0 Å². The summed E-state index contributed by atoms with van der Waals surface area (Å²) in [5.74, 6) is 1.14. The van der Waals surface area contributed by atoms with Gasteiger partial charge < -0.3 is 10.1 Å². The number of hydrogen-bond acceptors (Lipinski definition) is 2. The number of benzene rings is 1. The van der Waals surface area contributed by atoms with Gasteiger partial charge in [-0.15, -0.1) is 0 Å². The highest BCUT2D eigenvalue weighted by molar-refractivity contribution is 5.52. The van der Waals surface area contributed by atoms with Crippen molar-refractivity contribution in [1.82, 2.24) is 5.32 Å². The minimum atomic E-state index is 0.118. The molecule has 1 N–H and O–H groups in total. The fourth-order valence-corrected chi connectivity index (χ4v) is 3.23. The van der Waals surface area contributed by atoms with Gasteiger partial charge in [0.05, 0.1) is 6.04 Å². The highest BCUT2D eigenvalue weighted by Gasteiger charge is 2.37. The topological polar surface area (TPSA) is 21.3 Å². The summed E-state index contributed by atoms with van der Waals surface area (Å²) < 4.78 is 6.41. The fourth-order valence-electron chi connectivity index (χ4n) is 3.23. The van der Waals surface area contributed by atoms with Crippen LogP contribution in [0, 0.1) is 0 Å². The van der Waals surface area contributed by atoms with E-state index in [1.54, 1.807) is 0 Å². The highest BCUT2D eigenvalue weighted by atomic mass is 16.5. The van der Waals surface area contributed by atoms with Crippen molar-refractivity contribution in [2.24, 2.45) is 0 Å². The van der Waals surface area contributed by atoms with E-state index >= 15 is 0 Å². The van der Waals surface area contributed by atoms with Gasteiger partial charge in [-0.1, -0.05) is 60.1 Å². The van der Waals surface area contributed by atoms with E-state index in [4.69, 9.17) is 4.74 Å². The molecule has 0 saturated carbocycles. The Morgan fingerprint density at radius 1 is 1.14 bits per heavy atom. The van der Waals surface area contributed by atoms with Crippen LogP contribution >= 0.6 is 0 Å². The Balaban J connectivity index is 2.52. The third kappa shape index (κ3) is 3.26. The van der Waals surface area contributed by atoms with Gasteiger partial charge in [0.1, 0.15) is 11.9 Å². The van der Waals surface area contributed by atoms with Crippen LogP contribution in [0.2, 0.25) is 0 Å². The van der Waals surface area contributed by atoms with Crippen molar-refractivity contribution in [3.8, 4) is 5.75 Å². The van der Waals surface area contributed by atoms with Gasteiger partial charge in [0.15, 0.2) is 0 Å². The van der Waals surface area contributed by atoms with E-state index in [1.807, 2.05) is 0 Å². The van der Waals surface area contributed by atoms with Gasteiger partial charge in [-0.05, 0) is 30.4 Å². The van der Waals surface area contributed by atoms with Crippen LogP contribution in [0.5, 0.6) is 5.75 Å². The Morgan fingerprint density at radius 2 is 1.86 bits per heavy atom. The quantitative estimate of drug-likeness (QED) is 0.844. The van der Waals surface area contributed by atoms with Gasteiger partial charge >= 0.3 is 0 Å². The van der Waals surface area contributed by atoms with Crippen LogP contribution in [0.1, 0.15) is 77.1 Å². The number of nitrogens with one attached hydrogen (secondary N) is 1. The largest absolute Gasteiger partial charge is 0.488 e. The molecule has 21 heavy (non-hydrogen) atoms. The molecule has 1 aliphatic rings. The van der Waals surface area contributed by atoms with Gasteiger partial charge in [0.2, 0.25) is 0 Å². The minimum absolute atomic E-state index is 0.118. The second-order valence-corrected chi connectivity index (χ2v) is 7.15. The summed E-state index contributed by atoms with van der Waals surface area (Å²) in [5.41, 5.74) is 4.27. The van der Waals surface area contributed by atoms with Crippen LogP contribution in [-0.2, 0) is 11.8 Å². The smallest absolute Gasteiger partial charge is 0.128 e. The first-order valence-corrected chi connectivity index (χ1v) is 8.49. The van der Waals surface area contributed by atoms with Gasteiger partial charge in [0, 0.05) is 11.1 Å². The molecule has 2 atom stereocenters. The summed E-state index contributed by atoms with van der Waals surface area (Å²) in [7, 11) is 0. The Kier molecular flexibility index (Phi) is 4.98. The average Bonchev–Trinajstić information content (AvgIpc) is 2.75. The summed E-state index contributed by atoms with van der Waals surface area (Å²) in [6.45, 7) is 14.5. The molecular weight excluding hydrogens is 258 g/mol. The molecule has 0 fully saturated rings. The zero-order valence-electron chi connectivity index (χ0n) is 14.5. The second kappa shape index (κ2) is 6.39. The lowest BCUT2D eigenvalue weighted by atomic mass is 9.83. The Bertz CT molecular complexity index is 487. The van der Waals surface area contributed by atoms with Crippen molar-refractivity contribution in [3.05, 3.63) is 28.8 Å². The molecule has 1 heterocycles. The first kappa shape index (κ1) is 16.4. The molecule has 1 aromatic carbocycles. The van der Waals surface area contributed by atoms with E-state index in [2.05, 4.69) is 59.0 Å². The molecule has 2 rings (SSSR count). The summed E-state index contributed by atoms with van der Waals surface area (Å²) >= 11 is 0. The zero-order valence-corrected chi connectivity index (χ0v) is 14.5. The molecule has 0 aromatic heterocycles. The summed E-state index contributed by atoms with van der Waals surface area (Å²) in [6.07, 6.45) is 3.62. The fraction of sp³-hybridized carbons (Fsp3) is 0.684. The second-order valence-electron chi connectivity index (χ2n) is 7.15. The number of fused-ring (bicyclic) bond motifs is 1. The van der Waals surface area contributed by atoms with Crippen LogP contribution in [0.3, 0.4) is 0 Å². The van der Waals surface area contributed by atoms with Gasteiger partial charge in [0.25, 0.3) is 0 Å². The molecule has 1 aromatic rings. The van der Waals surface area contributed by atoms with Gasteiger partial charge in [-0.3, -0.25) is 0 Å². The highest BCUT2D eigenvalue weighted by Crippen LogP contribution is 2.45. The van der Waals surface area contributed by atoms with E-state index < -0.39 is 0 Å². The molecule has 2 nitrogen and oxygen atoms in total. The molecule has 0 amide bonds. The number of aryl methyl sites for hydroxylation is 1. The van der Waals surface area contributed by atoms with Crippen molar-refractivity contribution < 1.29 is 4.74 Å². The predicted molar refractivity (Wildman–Crippen MR) is 90.3 cm³/mol. The maximum absolute atomic E-state index is 6.41. The summed E-state index contributed by atoms with van der Waals surface area (Å²) in [5, 5.41) is 3.64. The lowest BCUT2D eigenvalue weighted by Gasteiger charge is -2.23. The van der Waals surface area contributed by atoms with Crippen LogP contribution in [-0.4, -0.2) is 12.6 Å². The van der Waals surface area contributed by atoms with Crippen LogP contribution in [0.15, 0.2) is 12.1 Å². The van der Waals surface area contributed by atoms with E-state index in [1.165, 1.54) is 16.7 Å². The van der Waals surface area contributed by atoms with Crippen molar-refractivity contribution in [3.63, 3.8) is 0 Å². The predicted octanol–water partition coefficient (Wildman–Crippen LogP) is 4.76. The number of hydrogen-bond donors (Lipinski definition) is 1. The molecule has 0 bridgehead atoms. The molecule has 2 heteroatoms. The summed E-state index contributed by atoms with van der Waals surface area (Å²) in [6, 6.07) is 5.04. The third-order valence-electron chi connectivity index (χ3n) is 4.37. The summed E-state index contributed by atoms with van der Waals surface area (Å²) in [4.78, 5) is 0. The van der Waals surface area contributed by atoms with Crippen LogP contribution < -0.4 is 10.1 Å². The molecule has 0 aliphatic carbocycles. The lowest BCUT2D eigenvalue weighted by molar-refractivity contribution is 0.176. The molecule has 118 valence electrons. The first-order valence-electron chi connectivity index (χ1n) is 8.49. The van der Waals surface area contributed by atoms with Crippen LogP contribution in [0.25, 0.3) is 0 Å². The van der Waals surface area contributed by atoms with Crippen molar-refractivity contribution in [2.45, 2.75) is 78.4 Å². The molecule has 0 radical (unpaired) electrons. The van der Waals surface area contributed by atoms with Crippen molar-refractivity contribution >= 4 is 0 Å². The van der Waals surface area contributed by atoms with E-state index in [-0.39, 0.29) is 11.5 Å². The Hall–Kier alpha value is -1.02. The molecule has 1 aliphatic heterocycles. The van der Waals surface area contributed by atoms with Gasteiger partial charge in [-0.2, -0.15) is 0 Å². The lowest BCUT2D eigenvalue weighted by Crippen LogP contribution is -2.30. The maximum Gasteiger partial charge on any atom is 0.128 e. The van der Waals surface area contributed by atoms with Crippen LogP contribution in [0.4, 0.5) is 0 Å². The Morgan fingerprint density at radius 3 is 2.38 bits per heavy atom. The van der Waals surface area contributed by atoms with Crippen molar-refractivity contribution in [1.29, 1.82) is 0 Å². The molecular formula is C19H31NO. The maximum atomic E-state index is 6.41. The zero-order chi connectivity index (χ0) is 15.6. The molecule has 2 unspecified atom stereocenters. The van der Waals surface area contributed by atoms with E-state index in [0.29, 0.717) is 6.04 Å². The molecule has 0 spiro atoms. The monoisotopic (exact) mass is 289 g/mol.